The van der Waals surface area contributed by atoms with Gasteiger partial charge in [-0.2, -0.15) is 0 Å². The topological polar surface area (TPSA) is 41.6 Å². The summed E-state index contributed by atoms with van der Waals surface area (Å²) in [5.74, 6) is 1.08. The maximum atomic E-state index is 12.8. The first-order valence-corrected chi connectivity index (χ1v) is 8.59. The minimum absolute atomic E-state index is 0.0223. The van der Waals surface area contributed by atoms with Crippen LogP contribution in [0.25, 0.3) is 11.1 Å². The first-order chi connectivity index (χ1) is 11.8. The number of benzene rings is 2. The Hall–Kier alpha value is -2.33. The molecule has 0 unspecified atom stereocenters. The second kappa shape index (κ2) is 6.29. The number of nitrogens with one attached hydrogen (secondary N) is 1. The highest BCUT2D eigenvalue weighted by Crippen LogP contribution is 2.39. The van der Waals surface area contributed by atoms with Crippen LogP contribution in [-0.2, 0) is 11.2 Å². The lowest BCUT2D eigenvalue weighted by Crippen LogP contribution is -2.42. The van der Waals surface area contributed by atoms with Gasteiger partial charge in [-0.25, -0.2) is 0 Å². The average molecular weight is 322 g/mol. The van der Waals surface area contributed by atoms with E-state index in [-0.39, 0.29) is 11.9 Å². The van der Waals surface area contributed by atoms with Crippen LogP contribution in [0.1, 0.15) is 18.4 Å². The smallest absolute Gasteiger partial charge is 0.244 e. The van der Waals surface area contributed by atoms with Crippen LogP contribution in [0.3, 0.4) is 0 Å². The molecular formula is C20H22N2O2. The Morgan fingerprint density at radius 2 is 2.00 bits per heavy atom. The van der Waals surface area contributed by atoms with Crippen LogP contribution in [-0.4, -0.2) is 32.1 Å². The Morgan fingerprint density at radius 1 is 1.17 bits per heavy atom. The van der Waals surface area contributed by atoms with E-state index >= 15 is 0 Å². The van der Waals surface area contributed by atoms with E-state index in [4.69, 9.17) is 4.74 Å². The summed E-state index contributed by atoms with van der Waals surface area (Å²) in [6.07, 6.45) is 2.91. The molecule has 2 aliphatic rings. The van der Waals surface area contributed by atoms with E-state index in [1.54, 1.807) is 7.11 Å². The van der Waals surface area contributed by atoms with Gasteiger partial charge in [-0.1, -0.05) is 30.3 Å². The molecule has 0 spiro atoms. The lowest BCUT2D eigenvalue weighted by atomic mass is 9.97. The summed E-state index contributed by atoms with van der Waals surface area (Å²) in [5, 5.41) is 3.32. The highest BCUT2D eigenvalue weighted by atomic mass is 16.5. The molecule has 0 aromatic heterocycles. The Labute approximate surface area is 142 Å². The van der Waals surface area contributed by atoms with Crippen molar-refractivity contribution in [2.24, 2.45) is 0 Å². The Kier molecular flexibility index (Phi) is 3.98. The molecule has 4 nitrogen and oxygen atoms in total. The van der Waals surface area contributed by atoms with Crippen molar-refractivity contribution >= 4 is 11.6 Å². The van der Waals surface area contributed by atoms with Crippen molar-refractivity contribution in [3.63, 3.8) is 0 Å². The maximum Gasteiger partial charge on any atom is 0.244 e. The summed E-state index contributed by atoms with van der Waals surface area (Å²) >= 11 is 0. The first kappa shape index (κ1) is 15.2. The van der Waals surface area contributed by atoms with E-state index in [2.05, 4.69) is 23.5 Å². The Bertz CT molecular complexity index is 766. The van der Waals surface area contributed by atoms with Crippen LogP contribution < -0.4 is 15.0 Å². The zero-order valence-corrected chi connectivity index (χ0v) is 13.9. The summed E-state index contributed by atoms with van der Waals surface area (Å²) < 4.78 is 5.52. The van der Waals surface area contributed by atoms with E-state index in [0.29, 0.717) is 0 Å². The van der Waals surface area contributed by atoms with Crippen LogP contribution in [0.4, 0.5) is 5.69 Å². The molecular weight excluding hydrogens is 300 g/mol. The van der Waals surface area contributed by atoms with Crippen LogP contribution in [0.15, 0.2) is 42.5 Å². The fourth-order valence-electron chi connectivity index (χ4n) is 3.87. The van der Waals surface area contributed by atoms with Gasteiger partial charge in [0.15, 0.2) is 0 Å². The average Bonchev–Trinajstić information content (AvgIpc) is 3.30. The van der Waals surface area contributed by atoms with Crippen molar-refractivity contribution in [3.05, 3.63) is 48.0 Å². The first-order valence-electron chi connectivity index (χ1n) is 8.59. The second-order valence-electron chi connectivity index (χ2n) is 6.39. The molecule has 0 aliphatic carbocycles. The number of para-hydroxylation sites is 1. The molecule has 1 saturated heterocycles. The zero-order valence-electron chi connectivity index (χ0n) is 13.9. The lowest BCUT2D eigenvalue weighted by molar-refractivity contribution is -0.120. The van der Waals surface area contributed by atoms with E-state index in [9.17, 15) is 4.79 Å². The van der Waals surface area contributed by atoms with Crippen molar-refractivity contribution in [1.29, 1.82) is 0 Å². The van der Waals surface area contributed by atoms with Gasteiger partial charge in [0.2, 0.25) is 5.91 Å². The van der Waals surface area contributed by atoms with Crippen molar-refractivity contribution in [2.75, 3.05) is 25.1 Å². The standard InChI is InChI=1S/C20H22N2O2/c1-24-19-10-3-2-6-16(19)14-7-4-9-18-15(14)11-13-22(18)20(23)17-8-5-12-21-17/h2-4,6-7,9-10,17,21H,5,8,11-13H2,1H3/t17-/m0/s1. The molecule has 4 rings (SSSR count). The Morgan fingerprint density at radius 3 is 2.79 bits per heavy atom. The number of amides is 1. The van der Waals surface area contributed by atoms with E-state index in [1.807, 2.05) is 29.2 Å². The zero-order chi connectivity index (χ0) is 16.5. The van der Waals surface area contributed by atoms with Crippen LogP contribution >= 0.6 is 0 Å². The van der Waals surface area contributed by atoms with Gasteiger partial charge in [0.25, 0.3) is 0 Å². The van der Waals surface area contributed by atoms with Gasteiger partial charge in [-0.05, 0) is 49.1 Å². The maximum absolute atomic E-state index is 12.8. The Balaban J connectivity index is 1.72. The monoisotopic (exact) mass is 322 g/mol. The molecule has 1 fully saturated rings. The number of anilines is 1. The molecule has 2 aromatic carbocycles. The summed E-state index contributed by atoms with van der Waals surface area (Å²) in [7, 11) is 1.70. The third-order valence-corrected chi connectivity index (χ3v) is 5.05. The fourth-order valence-corrected chi connectivity index (χ4v) is 3.87. The summed E-state index contributed by atoms with van der Waals surface area (Å²) in [5.41, 5.74) is 4.55. The molecule has 1 amide bonds. The molecule has 2 aliphatic heterocycles. The number of carbonyl (C=O) groups excluding carboxylic acids is 1. The van der Waals surface area contributed by atoms with Gasteiger partial charge < -0.3 is 15.0 Å². The normalized spacial score (nSPS) is 19.4. The largest absolute Gasteiger partial charge is 0.496 e. The predicted molar refractivity (Wildman–Crippen MR) is 95.5 cm³/mol. The summed E-state index contributed by atoms with van der Waals surface area (Å²) in [4.78, 5) is 14.8. The molecule has 2 aromatic rings. The molecule has 1 N–H and O–H groups in total. The van der Waals surface area contributed by atoms with Crippen molar-refractivity contribution in [2.45, 2.75) is 25.3 Å². The van der Waals surface area contributed by atoms with E-state index in [0.717, 1.165) is 49.4 Å². The van der Waals surface area contributed by atoms with Gasteiger partial charge in [-0.15, -0.1) is 0 Å². The molecule has 2 heterocycles. The van der Waals surface area contributed by atoms with Crippen molar-refractivity contribution in [3.8, 4) is 16.9 Å². The van der Waals surface area contributed by atoms with Gasteiger partial charge in [0.1, 0.15) is 5.75 Å². The molecule has 24 heavy (non-hydrogen) atoms. The third-order valence-electron chi connectivity index (χ3n) is 5.05. The molecule has 0 saturated carbocycles. The van der Waals surface area contributed by atoms with Crippen LogP contribution in [0.5, 0.6) is 5.75 Å². The van der Waals surface area contributed by atoms with E-state index < -0.39 is 0 Å². The molecule has 0 bridgehead atoms. The number of ether oxygens (including phenoxy) is 1. The second-order valence-corrected chi connectivity index (χ2v) is 6.39. The minimum atomic E-state index is -0.0223. The van der Waals surface area contributed by atoms with Crippen molar-refractivity contribution in [1.82, 2.24) is 5.32 Å². The number of methoxy groups -OCH3 is 1. The number of rotatable bonds is 3. The molecule has 4 heteroatoms. The van der Waals surface area contributed by atoms with Crippen LogP contribution in [0, 0.1) is 0 Å². The van der Waals surface area contributed by atoms with Gasteiger partial charge in [0, 0.05) is 17.8 Å². The number of carbonyl (C=O) groups is 1. The highest BCUT2D eigenvalue weighted by Gasteiger charge is 2.32. The minimum Gasteiger partial charge on any atom is -0.496 e. The quantitative estimate of drug-likeness (QED) is 0.944. The number of hydrogen-bond acceptors (Lipinski definition) is 3. The van der Waals surface area contributed by atoms with Crippen LogP contribution in [0.2, 0.25) is 0 Å². The molecule has 124 valence electrons. The highest BCUT2D eigenvalue weighted by molar-refractivity contribution is 6.00. The molecule has 1 atom stereocenters. The van der Waals surface area contributed by atoms with E-state index in [1.165, 1.54) is 11.1 Å². The number of hydrogen-bond donors (Lipinski definition) is 1. The van der Waals surface area contributed by atoms with Gasteiger partial charge in [-0.3, -0.25) is 4.79 Å². The SMILES string of the molecule is COc1ccccc1-c1cccc2c1CCN2C(=O)[C@@H]1CCCN1. The third kappa shape index (κ3) is 2.47. The number of nitrogens with zero attached hydrogens (tertiary/aromatic N) is 1. The van der Waals surface area contributed by atoms with Crippen molar-refractivity contribution < 1.29 is 9.53 Å². The van der Waals surface area contributed by atoms with Gasteiger partial charge in [0.05, 0.1) is 13.2 Å². The lowest BCUT2D eigenvalue weighted by Gasteiger charge is -2.22. The summed E-state index contributed by atoms with van der Waals surface area (Å²) in [6.45, 7) is 1.71. The predicted octanol–water partition coefficient (Wildman–Crippen LogP) is 3.00. The van der Waals surface area contributed by atoms with Gasteiger partial charge >= 0.3 is 0 Å². The summed E-state index contributed by atoms with van der Waals surface area (Å²) in [6, 6.07) is 14.3. The number of fused-ring (bicyclic) bond motifs is 1. The fraction of sp³-hybridized carbons (Fsp3) is 0.350. The molecule has 0 radical (unpaired) electrons.